The molecule has 20 heavy (non-hydrogen) atoms. The van der Waals surface area contributed by atoms with E-state index < -0.39 is 0 Å². The van der Waals surface area contributed by atoms with Crippen LogP contribution in [0.3, 0.4) is 0 Å². The molecule has 0 aliphatic carbocycles. The van der Waals surface area contributed by atoms with Crippen molar-refractivity contribution in [2.75, 3.05) is 6.54 Å². The molecule has 0 fully saturated rings. The van der Waals surface area contributed by atoms with Crippen molar-refractivity contribution < 1.29 is 0 Å². The van der Waals surface area contributed by atoms with Gasteiger partial charge in [-0.05, 0) is 44.0 Å². The topological polar surface area (TPSA) is 50.7 Å². The number of nitrogens with zero attached hydrogens (tertiary/aromatic N) is 3. The molecule has 0 saturated carbocycles. The van der Waals surface area contributed by atoms with Gasteiger partial charge in [0.25, 0.3) is 0 Å². The Hall–Kier alpha value is -1.81. The lowest BCUT2D eigenvalue weighted by molar-refractivity contribution is 0.662. The van der Waals surface area contributed by atoms with Crippen LogP contribution in [0.2, 0.25) is 0 Å². The highest BCUT2D eigenvalue weighted by molar-refractivity contribution is 5.59. The van der Waals surface area contributed by atoms with Gasteiger partial charge in [0.1, 0.15) is 0 Å². The van der Waals surface area contributed by atoms with Crippen molar-refractivity contribution in [1.29, 1.82) is 0 Å². The molecular weight excluding hydrogens is 248 g/mol. The minimum atomic E-state index is 0.788. The predicted octanol–water partition coefficient (Wildman–Crippen LogP) is 2.91. The Bertz CT molecular complexity index is 566. The first-order valence-electron chi connectivity index (χ1n) is 7.23. The summed E-state index contributed by atoms with van der Waals surface area (Å²) in [5.74, 6) is 0.803. The van der Waals surface area contributed by atoms with Crippen molar-refractivity contribution in [1.82, 2.24) is 20.3 Å². The van der Waals surface area contributed by atoms with Gasteiger partial charge in [0, 0.05) is 30.2 Å². The highest BCUT2D eigenvalue weighted by atomic mass is 14.9. The van der Waals surface area contributed by atoms with Crippen molar-refractivity contribution >= 4 is 0 Å². The normalized spacial score (nSPS) is 10.8. The van der Waals surface area contributed by atoms with E-state index >= 15 is 0 Å². The molecule has 2 aromatic heterocycles. The van der Waals surface area contributed by atoms with Gasteiger partial charge in [0.05, 0.1) is 5.69 Å². The molecule has 0 aliphatic heterocycles. The van der Waals surface area contributed by atoms with Crippen molar-refractivity contribution in [3.63, 3.8) is 0 Å². The van der Waals surface area contributed by atoms with Crippen LogP contribution in [-0.2, 0) is 13.0 Å². The third-order valence-electron chi connectivity index (χ3n) is 3.17. The van der Waals surface area contributed by atoms with E-state index in [1.165, 1.54) is 5.56 Å². The maximum atomic E-state index is 4.68. The largest absolute Gasteiger partial charge is 0.311 e. The molecule has 0 saturated heterocycles. The van der Waals surface area contributed by atoms with Crippen LogP contribution in [0.5, 0.6) is 0 Å². The first-order valence-corrected chi connectivity index (χ1v) is 7.23. The highest BCUT2D eigenvalue weighted by Gasteiger charge is 2.08. The van der Waals surface area contributed by atoms with E-state index in [1.807, 2.05) is 25.3 Å². The third kappa shape index (κ3) is 3.61. The molecule has 1 N–H and O–H groups in total. The zero-order chi connectivity index (χ0) is 14.4. The average molecular weight is 270 g/mol. The summed E-state index contributed by atoms with van der Waals surface area (Å²) in [5, 5.41) is 3.38. The Morgan fingerprint density at radius 2 is 2.05 bits per heavy atom. The van der Waals surface area contributed by atoms with Crippen LogP contribution in [0.1, 0.15) is 37.2 Å². The van der Waals surface area contributed by atoms with Crippen molar-refractivity contribution in [2.45, 2.75) is 40.2 Å². The van der Waals surface area contributed by atoms with E-state index in [9.17, 15) is 0 Å². The van der Waals surface area contributed by atoms with Gasteiger partial charge >= 0.3 is 0 Å². The number of hydrogen-bond donors (Lipinski definition) is 1. The average Bonchev–Trinajstić information content (AvgIpc) is 2.47. The molecule has 0 aromatic carbocycles. The molecule has 4 heteroatoms. The molecule has 0 bridgehead atoms. The fourth-order valence-electron chi connectivity index (χ4n) is 2.17. The first kappa shape index (κ1) is 14.6. The summed E-state index contributed by atoms with van der Waals surface area (Å²) in [6.07, 6.45) is 5.76. The van der Waals surface area contributed by atoms with E-state index in [0.29, 0.717) is 0 Å². The van der Waals surface area contributed by atoms with E-state index in [1.54, 1.807) is 6.20 Å². The lowest BCUT2D eigenvalue weighted by Gasteiger charge is -2.09. The number of rotatable bonds is 6. The van der Waals surface area contributed by atoms with Crippen LogP contribution >= 0.6 is 0 Å². The second kappa shape index (κ2) is 7.10. The molecule has 0 spiro atoms. The molecule has 2 aromatic rings. The molecular formula is C16H22N4. The van der Waals surface area contributed by atoms with Crippen LogP contribution in [0.4, 0.5) is 0 Å². The van der Waals surface area contributed by atoms with Crippen molar-refractivity contribution in [3.8, 4) is 11.4 Å². The predicted molar refractivity (Wildman–Crippen MR) is 81.4 cm³/mol. The molecule has 2 heterocycles. The number of nitrogens with one attached hydrogen (secondary N) is 1. The maximum Gasteiger partial charge on any atom is 0.160 e. The van der Waals surface area contributed by atoms with Crippen LogP contribution in [0.25, 0.3) is 11.4 Å². The van der Waals surface area contributed by atoms with Gasteiger partial charge in [0.2, 0.25) is 0 Å². The van der Waals surface area contributed by atoms with Gasteiger partial charge in [-0.15, -0.1) is 0 Å². The lowest BCUT2D eigenvalue weighted by atomic mass is 10.1. The second-order valence-corrected chi connectivity index (χ2v) is 4.89. The van der Waals surface area contributed by atoms with Crippen molar-refractivity contribution in [2.24, 2.45) is 0 Å². The van der Waals surface area contributed by atoms with Gasteiger partial charge in [-0.25, -0.2) is 9.97 Å². The van der Waals surface area contributed by atoms with Crippen LogP contribution in [-0.4, -0.2) is 21.5 Å². The molecule has 106 valence electrons. The second-order valence-electron chi connectivity index (χ2n) is 4.89. The van der Waals surface area contributed by atoms with Gasteiger partial charge in [-0.3, -0.25) is 4.98 Å². The Balaban J connectivity index is 2.31. The third-order valence-corrected chi connectivity index (χ3v) is 3.17. The van der Waals surface area contributed by atoms with Crippen LogP contribution in [0.15, 0.2) is 24.5 Å². The fraction of sp³-hybridized carbons (Fsp3) is 0.438. The maximum absolute atomic E-state index is 4.68. The molecule has 0 atom stereocenters. The molecule has 0 amide bonds. The molecule has 0 radical (unpaired) electrons. The lowest BCUT2D eigenvalue weighted by Crippen LogP contribution is -2.15. The van der Waals surface area contributed by atoms with E-state index in [-0.39, 0.29) is 0 Å². The summed E-state index contributed by atoms with van der Waals surface area (Å²) in [6.45, 7) is 8.10. The zero-order valence-corrected chi connectivity index (χ0v) is 12.5. The van der Waals surface area contributed by atoms with Crippen LogP contribution < -0.4 is 5.32 Å². The van der Waals surface area contributed by atoms with Gasteiger partial charge in [-0.2, -0.15) is 0 Å². The number of aryl methyl sites for hydroxylation is 2. The summed E-state index contributed by atoms with van der Waals surface area (Å²) >= 11 is 0. The van der Waals surface area contributed by atoms with Crippen molar-refractivity contribution in [3.05, 3.63) is 41.5 Å². The summed E-state index contributed by atoms with van der Waals surface area (Å²) in [4.78, 5) is 13.4. The Morgan fingerprint density at radius 1 is 1.20 bits per heavy atom. The smallest absolute Gasteiger partial charge is 0.160 e. The van der Waals surface area contributed by atoms with Gasteiger partial charge in [0.15, 0.2) is 5.82 Å². The fourth-order valence-corrected chi connectivity index (χ4v) is 2.17. The molecule has 0 unspecified atom stereocenters. The van der Waals surface area contributed by atoms with Crippen LogP contribution in [0, 0.1) is 6.92 Å². The Labute approximate surface area is 120 Å². The van der Waals surface area contributed by atoms with Gasteiger partial charge in [-0.1, -0.05) is 13.8 Å². The monoisotopic (exact) mass is 270 g/mol. The summed E-state index contributed by atoms with van der Waals surface area (Å²) in [6, 6.07) is 4.04. The quantitative estimate of drug-likeness (QED) is 0.820. The van der Waals surface area contributed by atoms with E-state index in [2.05, 4.69) is 34.1 Å². The highest BCUT2D eigenvalue weighted by Crippen LogP contribution is 2.20. The summed E-state index contributed by atoms with van der Waals surface area (Å²) in [5.41, 5.74) is 4.32. The van der Waals surface area contributed by atoms with E-state index in [0.717, 1.165) is 48.7 Å². The molecule has 0 aliphatic rings. The SMILES string of the molecule is CCCNCc1cc(C)nc(-c2ccncc2CC)n1. The minimum Gasteiger partial charge on any atom is -0.311 e. The number of pyridine rings is 1. The summed E-state index contributed by atoms with van der Waals surface area (Å²) < 4.78 is 0. The Kier molecular flexibility index (Phi) is 5.18. The van der Waals surface area contributed by atoms with Gasteiger partial charge < -0.3 is 5.32 Å². The first-order chi connectivity index (χ1) is 9.74. The zero-order valence-electron chi connectivity index (χ0n) is 12.5. The molecule has 4 nitrogen and oxygen atoms in total. The Morgan fingerprint density at radius 3 is 2.80 bits per heavy atom. The number of aromatic nitrogens is 3. The minimum absolute atomic E-state index is 0.788. The number of hydrogen-bond acceptors (Lipinski definition) is 4. The molecule has 2 rings (SSSR count). The van der Waals surface area contributed by atoms with E-state index in [4.69, 9.17) is 0 Å². The summed E-state index contributed by atoms with van der Waals surface area (Å²) in [7, 11) is 0. The standard InChI is InChI=1S/C16H22N4/c1-4-7-17-11-14-9-12(3)19-16(20-14)15-6-8-18-10-13(15)5-2/h6,8-10,17H,4-5,7,11H2,1-3H3.